The Morgan fingerprint density at radius 1 is 0.780 bits per heavy atom. The van der Waals surface area contributed by atoms with E-state index in [1.165, 1.54) is 7.11 Å². The van der Waals surface area contributed by atoms with Gasteiger partial charge in [0.2, 0.25) is 0 Å². The fourth-order valence-corrected chi connectivity index (χ4v) is 8.15. The number of benzene rings is 4. The van der Waals surface area contributed by atoms with Crippen LogP contribution < -0.4 is 4.74 Å². The maximum absolute atomic E-state index is 13.3. The molecule has 6 nitrogen and oxygen atoms in total. The molecule has 10 heteroatoms. The summed E-state index contributed by atoms with van der Waals surface area (Å²) in [5.41, 5.74) is 3.87. The number of aromatic hydroxyl groups is 2. The van der Waals surface area contributed by atoms with Gasteiger partial charge in [0.25, 0.3) is 0 Å². The molecule has 4 rings (SSSR count). The number of phenols is 2. The van der Waals surface area contributed by atoms with Crippen molar-refractivity contribution in [1.29, 1.82) is 0 Å². The van der Waals surface area contributed by atoms with Crippen LogP contribution in [0.3, 0.4) is 0 Å². The summed E-state index contributed by atoms with van der Waals surface area (Å²) in [4.78, 5) is 26.3. The zero-order valence-electron chi connectivity index (χ0n) is 22.1. The largest absolute Gasteiger partial charge is 0.507 e. The number of phenolic OH excluding ortho intramolecular Hbond substituents is 2. The van der Waals surface area contributed by atoms with Crippen molar-refractivity contribution in [3.63, 3.8) is 0 Å². The summed E-state index contributed by atoms with van der Waals surface area (Å²) < 4.78 is 14.4. The maximum atomic E-state index is 13.3. The monoisotopic (exact) mass is 1000 g/mol. The lowest BCUT2D eigenvalue weighted by molar-refractivity contribution is -0.142. The van der Waals surface area contributed by atoms with E-state index < -0.39 is 5.92 Å². The predicted octanol–water partition coefficient (Wildman–Crippen LogP) is 8.66. The van der Waals surface area contributed by atoms with Gasteiger partial charge in [0.15, 0.2) is 11.5 Å². The lowest BCUT2D eigenvalue weighted by Crippen LogP contribution is -2.17. The molecule has 1 unspecified atom stereocenters. The Morgan fingerprint density at radius 3 is 1.93 bits per heavy atom. The SMILES string of the molecule is COC(=O)C(Cc1cccc(C(=O)c2cc(C)c(O)c(C)c2)c1)c1cc(I)c(Oc2cc(I)c(O)c(I)c2)c(I)c1. The van der Waals surface area contributed by atoms with Crippen LogP contribution in [0.15, 0.2) is 60.7 Å². The maximum Gasteiger partial charge on any atom is 0.313 e. The average molecular weight is 1000 g/mol. The van der Waals surface area contributed by atoms with E-state index in [-0.39, 0.29) is 23.3 Å². The van der Waals surface area contributed by atoms with Gasteiger partial charge in [-0.1, -0.05) is 18.2 Å². The van der Waals surface area contributed by atoms with Crippen molar-refractivity contribution in [1.82, 2.24) is 0 Å². The van der Waals surface area contributed by atoms with Crippen LogP contribution in [-0.2, 0) is 16.0 Å². The number of hydrogen-bond acceptors (Lipinski definition) is 6. The van der Waals surface area contributed by atoms with Crippen LogP contribution in [0.4, 0.5) is 0 Å². The van der Waals surface area contributed by atoms with Gasteiger partial charge in [0.05, 0.1) is 27.3 Å². The molecule has 0 radical (unpaired) electrons. The Balaban J connectivity index is 1.64. The second-order valence-corrected chi connectivity index (χ2v) is 14.1. The molecule has 0 amide bonds. The number of carbonyl (C=O) groups excluding carboxylic acids is 2. The molecule has 0 aromatic heterocycles. The Bertz CT molecular complexity index is 1600. The van der Waals surface area contributed by atoms with Crippen molar-refractivity contribution in [3.05, 3.63) is 108 Å². The zero-order chi connectivity index (χ0) is 30.0. The number of rotatable bonds is 8. The van der Waals surface area contributed by atoms with Crippen molar-refractivity contribution in [2.75, 3.05) is 7.11 Å². The van der Waals surface area contributed by atoms with E-state index in [0.29, 0.717) is 47.3 Å². The van der Waals surface area contributed by atoms with Gasteiger partial charge in [-0.25, -0.2) is 0 Å². The molecule has 0 aliphatic heterocycles. The van der Waals surface area contributed by atoms with Crippen molar-refractivity contribution in [2.45, 2.75) is 26.2 Å². The van der Waals surface area contributed by atoms with E-state index in [1.807, 2.05) is 24.3 Å². The molecule has 0 heterocycles. The first kappa shape index (κ1) is 32.3. The minimum Gasteiger partial charge on any atom is -0.507 e. The minimum absolute atomic E-state index is 0.156. The Morgan fingerprint density at radius 2 is 1.37 bits per heavy atom. The van der Waals surface area contributed by atoms with E-state index in [2.05, 4.69) is 90.4 Å². The Labute approximate surface area is 292 Å². The zero-order valence-corrected chi connectivity index (χ0v) is 30.7. The van der Waals surface area contributed by atoms with Gasteiger partial charge < -0.3 is 19.7 Å². The summed E-state index contributed by atoms with van der Waals surface area (Å²) in [7, 11) is 1.37. The fraction of sp³-hybridized carbons (Fsp3) is 0.161. The Hall–Kier alpha value is -1.66. The molecule has 4 aromatic carbocycles. The second kappa shape index (κ2) is 13.8. The lowest BCUT2D eigenvalue weighted by atomic mass is 9.90. The summed E-state index contributed by atoms with van der Waals surface area (Å²) in [5.74, 6) is 0.525. The van der Waals surface area contributed by atoms with Crippen molar-refractivity contribution in [3.8, 4) is 23.0 Å². The highest BCUT2D eigenvalue weighted by Gasteiger charge is 2.25. The lowest BCUT2D eigenvalue weighted by Gasteiger charge is -2.19. The molecular weight excluding hydrogens is 976 g/mol. The van der Waals surface area contributed by atoms with Crippen LogP contribution in [0, 0.1) is 28.1 Å². The van der Waals surface area contributed by atoms with Crippen LogP contribution in [0.1, 0.15) is 44.1 Å². The molecule has 1 atom stereocenters. The molecule has 2 N–H and O–H groups in total. The van der Waals surface area contributed by atoms with Crippen molar-refractivity contribution < 1.29 is 29.3 Å². The molecule has 0 aliphatic carbocycles. The molecule has 4 aromatic rings. The molecule has 41 heavy (non-hydrogen) atoms. The van der Waals surface area contributed by atoms with Gasteiger partial charge in [0.1, 0.15) is 17.2 Å². The first-order chi connectivity index (χ1) is 19.4. The number of ether oxygens (including phenoxy) is 2. The number of ketones is 1. The third-order valence-electron chi connectivity index (χ3n) is 6.50. The van der Waals surface area contributed by atoms with Crippen LogP contribution >= 0.6 is 90.4 Å². The average Bonchev–Trinajstić information content (AvgIpc) is 2.94. The van der Waals surface area contributed by atoms with E-state index in [9.17, 15) is 19.8 Å². The highest BCUT2D eigenvalue weighted by Crippen LogP contribution is 2.38. The van der Waals surface area contributed by atoms with E-state index >= 15 is 0 Å². The van der Waals surface area contributed by atoms with Gasteiger partial charge in [-0.05, 0) is 175 Å². The number of esters is 1. The molecular formula is C31H24I4O6. The standard InChI is InChI=1S/C31H24I4O6/c1-15-7-20(8-16(2)27(15)36)28(37)18-6-4-5-17(9-18)10-22(31(39)40-3)19-11-25(34)30(26(35)12-19)41-21-13-23(32)29(38)24(33)14-21/h4-9,11-14,22,36,38H,10H2,1-3H3. The summed E-state index contributed by atoms with van der Waals surface area (Å²) in [6.07, 6.45) is 0.335. The topological polar surface area (TPSA) is 93.1 Å². The van der Waals surface area contributed by atoms with Gasteiger partial charge in [-0.3, -0.25) is 9.59 Å². The van der Waals surface area contributed by atoms with Gasteiger partial charge in [0, 0.05) is 11.1 Å². The molecule has 0 saturated heterocycles. The number of hydrogen-bond donors (Lipinski definition) is 2. The first-order valence-corrected chi connectivity index (χ1v) is 16.6. The summed E-state index contributed by atoms with van der Waals surface area (Å²) in [5, 5.41) is 20.2. The first-order valence-electron chi connectivity index (χ1n) is 12.3. The third kappa shape index (κ3) is 7.47. The van der Waals surface area contributed by atoms with Crippen molar-refractivity contribution >= 4 is 102 Å². The van der Waals surface area contributed by atoms with Crippen LogP contribution in [0.25, 0.3) is 0 Å². The summed E-state index contributed by atoms with van der Waals surface area (Å²) >= 11 is 8.51. The quantitative estimate of drug-likeness (QED) is 0.104. The van der Waals surface area contributed by atoms with E-state index in [1.54, 1.807) is 50.2 Å². The summed E-state index contributed by atoms with van der Waals surface area (Å²) in [6, 6.07) is 18.0. The molecule has 0 spiro atoms. The summed E-state index contributed by atoms with van der Waals surface area (Å²) in [6.45, 7) is 3.53. The third-order valence-corrected chi connectivity index (χ3v) is 9.75. The Kier molecular flexibility index (Phi) is 10.8. The number of aryl methyl sites for hydroxylation is 2. The molecule has 212 valence electrons. The van der Waals surface area contributed by atoms with Gasteiger partial charge in [-0.15, -0.1) is 0 Å². The van der Waals surface area contributed by atoms with Crippen LogP contribution in [0.5, 0.6) is 23.0 Å². The predicted molar refractivity (Wildman–Crippen MR) is 191 cm³/mol. The molecule has 0 aliphatic rings. The highest BCUT2D eigenvalue weighted by atomic mass is 127. The van der Waals surface area contributed by atoms with Crippen molar-refractivity contribution in [2.24, 2.45) is 0 Å². The van der Waals surface area contributed by atoms with E-state index in [0.717, 1.165) is 18.3 Å². The van der Waals surface area contributed by atoms with E-state index in [4.69, 9.17) is 9.47 Å². The molecule has 0 bridgehead atoms. The fourth-order valence-electron chi connectivity index (χ4n) is 4.41. The molecule has 0 fully saturated rings. The van der Waals surface area contributed by atoms with Gasteiger partial charge in [-0.2, -0.15) is 0 Å². The normalized spacial score (nSPS) is 11.7. The number of methoxy groups -OCH3 is 1. The van der Waals surface area contributed by atoms with Crippen LogP contribution in [-0.4, -0.2) is 29.1 Å². The highest BCUT2D eigenvalue weighted by molar-refractivity contribution is 14.1. The smallest absolute Gasteiger partial charge is 0.313 e. The number of carbonyl (C=O) groups is 2. The molecule has 0 saturated carbocycles. The van der Waals surface area contributed by atoms with Crippen LogP contribution in [0.2, 0.25) is 0 Å². The minimum atomic E-state index is -0.602. The van der Waals surface area contributed by atoms with Gasteiger partial charge >= 0.3 is 5.97 Å². The number of halogens is 4. The second-order valence-electron chi connectivity index (χ2n) is 9.42.